The molecule has 2 N–H and O–H groups in total. The lowest BCUT2D eigenvalue weighted by Gasteiger charge is -2.31. The summed E-state index contributed by atoms with van der Waals surface area (Å²) in [6.45, 7) is 5.93. The smallest absolute Gasteiger partial charge is 0.323 e. The van der Waals surface area contributed by atoms with Gasteiger partial charge in [-0.2, -0.15) is 0 Å². The molecule has 2 aromatic rings. The molecule has 0 bridgehead atoms. The molecule has 0 spiro atoms. The van der Waals surface area contributed by atoms with Crippen LogP contribution in [0.4, 0.5) is 21.9 Å². The molecule has 2 saturated heterocycles. The van der Waals surface area contributed by atoms with Crippen molar-refractivity contribution in [3.05, 3.63) is 48.0 Å². The molecule has 3 amide bonds. The van der Waals surface area contributed by atoms with Gasteiger partial charge in [0.05, 0.1) is 17.9 Å². The number of carbonyl (C=O) groups excluding carboxylic acids is 2. The van der Waals surface area contributed by atoms with Crippen molar-refractivity contribution in [2.75, 3.05) is 48.3 Å². The summed E-state index contributed by atoms with van der Waals surface area (Å²) in [7, 11) is 0. The zero-order chi connectivity index (χ0) is 22.3. The van der Waals surface area contributed by atoms with Crippen molar-refractivity contribution in [1.29, 1.82) is 0 Å². The normalized spacial score (nSPS) is 16.0. The van der Waals surface area contributed by atoms with Crippen LogP contribution >= 0.6 is 0 Å². The average Bonchev–Trinajstić information content (AvgIpc) is 3.36. The van der Waals surface area contributed by atoms with E-state index in [2.05, 4.69) is 15.5 Å². The van der Waals surface area contributed by atoms with E-state index in [0.29, 0.717) is 29.3 Å². The predicted molar refractivity (Wildman–Crippen MR) is 128 cm³/mol. The van der Waals surface area contributed by atoms with Gasteiger partial charge in [0, 0.05) is 37.6 Å². The Morgan fingerprint density at radius 3 is 2.38 bits per heavy atom. The number of para-hydroxylation sites is 2. The molecule has 7 heteroatoms. The number of nitrogens with zero attached hydrogens (tertiary/aromatic N) is 2. The number of ether oxygens (including phenoxy) is 1. The fraction of sp³-hybridized carbons (Fsp3) is 0.440. The topological polar surface area (TPSA) is 73.9 Å². The fourth-order valence-corrected chi connectivity index (χ4v) is 4.42. The lowest BCUT2D eigenvalue weighted by atomic mass is 10.1. The molecule has 2 aliphatic rings. The van der Waals surface area contributed by atoms with Crippen LogP contribution in [-0.2, 0) is 0 Å². The number of piperidine rings is 1. The van der Waals surface area contributed by atoms with Gasteiger partial charge in [-0.05, 0) is 69.4 Å². The highest BCUT2D eigenvalue weighted by atomic mass is 16.5. The number of carbonyl (C=O) groups is 2. The van der Waals surface area contributed by atoms with E-state index >= 15 is 0 Å². The SMILES string of the molecule is CCOc1ccccc1NC(=O)Nc1ccc(N2CCCCC2)c(C(=O)N2CCCC2)c1. The van der Waals surface area contributed by atoms with Crippen molar-refractivity contribution < 1.29 is 14.3 Å². The number of anilines is 3. The first-order valence-electron chi connectivity index (χ1n) is 11.6. The molecule has 2 heterocycles. The van der Waals surface area contributed by atoms with E-state index in [1.54, 1.807) is 6.07 Å². The summed E-state index contributed by atoms with van der Waals surface area (Å²) in [4.78, 5) is 30.2. The van der Waals surface area contributed by atoms with Crippen molar-refractivity contribution in [1.82, 2.24) is 4.90 Å². The number of amides is 3. The number of hydrogen-bond donors (Lipinski definition) is 2. The summed E-state index contributed by atoms with van der Waals surface area (Å²) in [5.41, 5.74) is 2.83. The van der Waals surface area contributed by atoms with Crippen LogP contribution in [0.1, 0.15) is 49.4 Å². The van der Waals surface area contributed by atoms with E-state index in [1.165, 1.54) is 6.42 Å². The minimum Gasteiger partial charge on any atom is -0.492 e. The number of nitrogens with one attached hydrogen (secondary N) is 2. The Labute approximate surface area is 189 Å². The van der Waals surface area contributed by atoms with Crippen LogP contribution in [0, 0.1) is 0 Å². The van der Waals surface area contributed by atoms with Crippen molar-refractivity contribution in [3.63, 3.8) is 0 Å². The van der Waals surface area contributed by atoms with Gasteiger partial charge >= 0.3 is 6.03 Å². The molecule has 0 saturated carbocycles. The standard InChI is InChI=1S/C25H32N4O3/c1-2-32-23-11-5-4-10-21(23)27-25(31)26-19-12-13-22(28-14-6-3-7-15-28)20(18-19)24(30)29-16-8-9-17-29/h4-5,10-13,18H,2-3,6-9,14-17H2,1H3,(H2,26,27,31). The van der Waals surface area contributed by atoms with Crippen molar-refractivity contribution >= 4 is 29.0 Å². The second-order valence-corrected chi connectivity index (χ2v) is 8.29. The van der Waals surface area contributed by atoms with Gasteiger partial charge in [0.25, 0.3) is 5.91 Å². The highest BCUT2D eigenvalue weighted by Crippen LogP contribution is 2.30. The van der Waals surface area contributed by atoms with Gasteiger partial charge in [0.1, 0.15) is 5.75 Å². The van der Waals surface area contributed by atoms with Gasteiger partial charge in [-0.15, -0.1) is 0 Å². The maximum Gasteiger partial charge on any atom is 0.323 e. The van der Waals surface area contributed by atoms with Crippen LogP contribution in [0.2, 0.25) is 0 Å². The highest BCUT2D eigenvalue weighted by molar-refractivity contribution is 6.04. The Morgan fingerprint density at radius 2 is 1.62 bits per heavy atom. The van der Waals surface area contributed by atoms with E-state index in [4.69, 9.17) is 4.74 Å². The average molecular weight is 437 g/mol. The Kier molecular flexibility index (Phi) is 7.14. The molecule has 0 atom stereocenters. The molecule has 7 nitrogen and oxygen atoms in total. The number of hydrogen-bond acceptors (Lipinski definition) is 4. The maximum absolute atomic E-state index is 13.3. The van der Waals surface area contributed by atoms with E-state index in [0.717, 1.165) is 57.5 Å². The van der Waals surface area contributed by atoms with Crippen molar-refractivity contribution in [2.45, 2.75) is 39.0 Å². The molecule has 0 radical (unpaired) electrons. The fourth-order valence-electron chi connectivity index (χ4n) is 4.42. The number of rotatable bonds is 6. The van der Waals surface area contributed by atoms with Gasteiger partial charge in [0.15, 0.2) is 0 Å². The van der Waals surface area contributed by atoms with E-state index in [9.17, 15) is 9.59 Å². The third kappa shape index (κ3) is 5.15. The van der Waals surface area contributed by atoms with Crippen LogP contribution in [0.15, 0.2) is 42.5 Å². The second-order valence-electron chi connectivity index (χ2n) is 8.29. The minimum atomic E-state index is -0.373. The first-order valence-corrected chi connectivity index (χ1v) is 11.6. The van der Waals surface area contributed by atoms with Gasteiger partial charge in [-0.1, -0.05) is 12.1 Å². The van der Waals surface area contributed by atoms with Crippen LogP contribution in [0.5, 0.6) is 5.75 Å². The van der Waals surface area contributed by atoms with E-state index in [-0.39, 0.29) is 11.9 Å². The Hall–Kier alpha value is -3.22. The molecule has 0 unspecified atom stereocenters. The Morgan fingerprint density at radius 1 is 0.906 bits per heavy atom. The van der Waals surface area contributed by atoms with Crippen LogP contribution in [0.25, 0.3) is 0 Å². The minimum absolute atomic E-state index is 0.0498. The Bertz CT molecular complexity index is 950. The zero-order valence-corrected chi connectivity index (χ0v) is 18.7. The molecule has 2 aliphatic heterocycles. The molecule has 32 heavy (non-hydrogen) atoms. The molecule has 2 fully saturated rings. The summed E-state index contributed by atoms with van der Waals surface area (Å²) < 4.78 is 5.58. The summed E-state index contributed by atoms with van der Waals surface area (Å²) in [6.07, 6.45) is 5.60. The third-order valence-corrected chi connectivity index (χ3v) is 6.01. The molecule has 170 valence electrons. The first-order chi connectivity index (χ1) is 15.7. The quantitative estimate of drug-likeness (QED) is 0.672. The van der Waals surface area contributed by atoms with Crippen molar-refractivity contribution in [3.8, 4) is 5.75 Å². The van der Waals surface area contributed by atoms with Gasteiger partial charge in [0.2, 0.25) is 0 Å². The summed E-state index contributed by atoms with van der Waals surface area (Å²) >= 11 is 0. The molecular weight excluding hydrogens is 404 g/mol. The van der Waals surface area contributed by atoms with Gasteiger partial charge < -0.3 is 25.2 Å². The van der Waals surface area contributed by atoms with Crippen LogP contribution in [0.3, 0.4) is 0 Å². The van der Waals surface area contributed by atoms with E-state index in [1.807, 2.05) is 48.2 Å². The summed E-state index contributed by atoms with van der Waals surface area (Å²) in [5.74, 6) is 0.671. The predicted octanol–water partition coefficient (Wildman–Crippen LogP) is 4.96. The number of likely N-dealkylation sites (tertiary alicyclic amines) is 1. The Balaban J connectivity index is 1.54. The molecule has 0 aromatic heterocycles. The molecule has 2 aromatic carbocycles. The number of urea groups is 1. The van der Waals surface area contributed by atoms with E-state index < -0.39 is 0 Å². The maximum atomic E-state index is 13.3. The lowest BCUT2D eigenvalue weighted by molar-refractivity contribution is 0.0793. The summed E-state index contributed by atoms with van der Waals surface area (Å²) in [5, 5.41) is 5.73. The molecule has 4 rings (SSSR count). The molecular formula is C25H32N4O3. The van der Waals surface area contributed by atoms with Gasteiger partial charge in [-0.25, -0.2) is 4.79 Å². The third-order valence-electron chi connectivity index (χ3n) is 6.01. The van der Waals surface area contributed by atoms with Crippen LogP contribution in [-0.4, -0.2) is 49.6 Å². The largest absolute Gasteiger partial charge is 0.492 e. The first kappa shape index (κ1) is 22.0. The second kappa shape index (κ2) is 10.4. The number of benzene rings is 2. The monoisotopic (exact) mass is 436 g/mol. The van der Waals surface area contributed by atoms with Crippen molar-refractivity contribution in [2.24, 2.45) is 0 Å². The lowest BCUT2D eigenvalue weighted by Crippen LogP contribution is -2.34. The molecule has 0 aliphatic carbocycles. The summed E-state index contributed by atoms with van der Waals surface area (Å²) in [6, 6.07) is 12.6. The van der Waals surface area contributed by atoms with Gasteiger partial charge in [-0.3, -0.25) is 4.79 Å². The van der Waals surface area contributed by atoms with Crippen LogP contribution < -0.4 is 20.3 Å². The zero-order valence-electron chi connectivity index (χ0n) is 18.7. The highest BCUT2D eigenvalue weighted by Gasteiger charge is 2.25.